The smallest absolute Gasteiger partial charge is 0.137 e. The molecule has 0 saturated carbocycles. The Hall–Kier alpha value is -1.72. The lowest BCUT2D eigenvalue weighted by Crippen LogP contribution is -1.97. The van der Waals surface area contributed by atoms with Gasteiger partial charge in [0.05, 0.1) is 5.69 Å². The number of aromatic nitrogens is 2. The van der Waals surface area contributed by atoms with Crippen molar-refractivity contribution < 1.29 is 4.39 Å². The quantitative estimate of drug-likeness (QED) is 0.787. The molecule has 2 N–H and O–H groups in total. The highest BCUT2D eigenvalue weighted by Crippen LogP contribution is 2.25. The predicted octanol–water partition coefficient (Wildman–Crippen LogP) is 3.36. The van der Waals surface area contributed by atoms with Gasteiger partial charge in [-0.25, -0.2) is 9.37 Å². The normalized spacial score (nSPS) is 11.1. The van der Waals surface area contributed by atoms with Crippen LogP contribution in [0.2, 0.25) is 0 Å². The third-order valence-electron chi connectivity index (χ3n) is 2.96. The molecule has 0 bridgehead atoms. The molecule has 19 heavy (non-hydrogen) atoms. The van der Waals surface area contributed by atoms with E-state index in [-0.39, 0.29) is 5.82 Å². The van der Waals surface area contributed by atoms with Crippen LogP contribution in [0.5, 0.6) is 0 Å². The van der Waals surface area contributed by atoms with Gasteiger partial charge in [0.2, 0.25) is 0 Å². The number of halogens is 2. The second-order valence-electron chi connectivity index (χ2n) is 4.26. The first-order valence-corrected chi connectivity index (χ1v) is 6.60. The van der Waals surface area contributed by atoms with E-state index >= 15 is 0 Å². The van der Waals surface area contributed by atoms with Gasteiger partial charge < -0.3 is 10.1 Å². The van der Waals surface area contributed by atoms with Crippen molar-refractivity contribution in [2.24, 2.45) is 5.73 Å². The van der Waals surface area contributed by atoms with Gasteiger partial charge in [-0.3, -0.25) is 0 Å². The van der Waals surface area contributed by atoms with E-state index in [4.69, 9.17) is 5.73 Å². The Balaban J connectivity index is 2.14. The molecule has 0 aliphatic carbocycles. The Morgan fingerprint density at radius 2 is 2.05 bits per heavy atom. The topological polar surface area (TPSA) is 43.3 Å². The van der Waals surface area contributed by atoms with Gasteiger partial charge in [0.15, 0.2) is 0 Å². The molecular formula is C14H11BrFN3. The number of hydrogen-bond donors (Lipinski definition) is 1. The summed E-state index contributed by atoms with van der Waals surface area (Å²) in [6, 6.07) is 8.75. The third-order valence-corrected chi connectivity index (χ3v) is 3.45. The number of imidazole rings is 1. The van der Waals surface area contributed by atoms with Crippen molar-refractivity contribution in [3.63, 3.8) is 0 Å². The highest BCUT2D eigenvalue weighted by atomic mass is 79.9. The zero-order chi connectivity index (χ0) is 13.4. The summed E-state index contributed by atoms with van der Waals surface area (Å²) in [6.45, 7) is 0.468. The Morgan fingerprint density at radius 3 is 2.79 bits per heavy atom. The standard InChI is InChI=1S/C14H11BrFN3/c15-10-2-3-11(12(16)5-10)13-8-19-7-9(6-17)1-4-14(19)18-13/h1-5,7-8H,6,17H2. The summed E-state index contributed by atoms with van der Waals surface area (Å²) in [5.41, 5.74) is 8.48. The average molecular weight is 320 g/mol. The zero-order valence-electron chi connectivity index (χ0n) is 9.98. The van der Waals surface area contributed by atoms with Gasteiger partial charge in [-0.2, -0.15) is 0 Å². The van der Waals surface area contributed by atoms with Gasteiger partial charge in [0.1, 0.15) is 11.5 Å². The lowest BCUT2D eigenvalue weighted by molar-refractivity contribution is 0.630. The molecule has 0 fully saturated rings. The second kappa shape index (κ2) is 4.75. The van der Waals surface area contributed by atoms with Crippen molar-refractivity contribution >= 4 is 21.6 Å². The van der Waals surface area contributed by atoms with Gasteiger partial charge in [0, 0.05) is 29.0 Å². The fourth-order valence-electron chi connectivity index (χ4n) is 1.99. The summed E-state index contributed by atoms with van der Waals surface area (Å²) in [7, 11) is 0. The van der Waals surface area contributed by atoms with Crippen LogP contribution in [0, 0.1) is 5.82 Å². The Kier molecular flexibility index (Phi) is 3.08. The van der Waals surface area contributed by atoms with Gasteiger partial charge in [-0.15, -0.1) is 0 Å². The van der Waals surface area contributed by atoms with Crippen LogP contribution >= 0.6 is 15.9 Å². The van der Waals surface area contributed by atoms with Crippen LogP contribution < -0.4 is 5.73 Å². The summed E-state index contributed by atoms with van der Waals surface area (Å²) >= 11 is 3.24. The Labute approximate surface area is 118 Å². The van der Waals surface area contributed by atoms with E-state index in [0.717, 1.165) is 11.2 Å². The fourth-order valence-corrected chi connectivity index (χ4v) is 2.32. The lowest BCUT2D eigenvalue weighted by atomic mass is 10.1. The molecule has 0 amide bonds. The minimum atomic E-state index is -0.295. The van der Waals surface area contributed by atoms with Crippen LogP contribution in [-0.2, 0) is 6.54 Å². The van der Waals surface area contributed by atoms with Crippen molar-refractivity contribution in [1.82, 2.24) is 9.38 Å². The van der Waals surface area contributed by atoms with Crippen molar-refractivity contribution in [1.29, 1.82) is 0 Å². The van der Waals surface area contributed by atoms with Crippen molar-refractivity contribution in [2.45, 2.75) is 6.54 Å². The molecule has 1 aromatic carbocycles. The minimum Gasteiger partial charge on any atom is -0.326 e. The van der Waals surface area contributed by atoms with Crippen LogP contribution in [0.4, 0.5) is 4.39 Å². The largest absolute Gasteiger partial charge is 0.326 e. The molecule has 3 rings (SSSR count). The maximum atomic E-state index is 13.9. The molecule has 2 heterocycles. The van der Waals surface area contributed by atoms with Crippen molar-refractivity contribution in [2.75, 3.05) is 0 Å². The van der Waals surface area contributed by atoms with E-state index in [2.05, 4.69) is 20.9 Å². The van der Waals surface area contributed by atoms with E-state index in [9.17, 15) is 4.39 Å². The van der Waals surface area contributed by atoms with Crippen LogP contribution in [0.25, 0.3) is 16.9 Å². The molecule has 0 saturated heterocycles. The number of nitrogens with zero attached hydrogens (tertiary/aromatic N) is 2. The highest BCUT2D eigenvalue weighted by molar-refractivity contribution is 9.10. The average Bonchev–Trinajstić information content (AvgIpc) is 2.80. The SMILES string of the molecule is NCc1ccc2nc(-c3ccc(Br)cc3F)cn2c1. The number of fused-ring (bicyclic) bond motifs is 1. The van der Waals surface area contributed by atoms with E-state index in [1.807, 2.05) is 22.7 Å². The van der Waals surface area contributed by atoms with Crippen LogP contribution in [-0.4, -0.2) is 9.38 Å². The Bertz CT molecular complexity index is 752. The third kappa shape index (κ3) is 2.27. The molecule has 0 spiro atoms. The fraction of sp³-hybridized carbons (Fsp3) is 0.0714. The van der Waals surface area contributed by atoms with Crippen LogP contribution in [0.1, 0.15) is 5.56 Å². The van der Waals surface area contributed by atoms with E-state index in [1.54, 1.807) is 18.3 Å². The number of pyridine rings is 1. The Morgan fingerprint density at radius 1 is 1.21 bits per heavy atom. The van der Waals surface area contributed by atoms with Crippen LogP contribution in [0.3, 0.4) is 0 Å². The predicted molar refractivity (Wildman–Crippen MR) is 76.2 cm³/mol. The van der Waals surface area contributed by atoms with E-state index in [1.165, 1.54) is 6.07 Å². The number of rotatable bonds is 2. The molecular weight excluding hydrogens is 309 g/mol. The molecule has 96 valence electrons. The molecule has 3 aromatic rings. The maximum absolute atomic E-state index is 13.9. The first-order valence-electron chi connectivity index (χ1n) is 5.80. The molecule has 0 aliphatic heterocycles. The van der Waals surface area contributed by atoms with Crippen molar-refractivity contribution in [3.8, 4) is 11.3 Å². The molecule has 0 unspecified atom stereocenters. The molecule has 3 nitrogen and oxygen atoms in total. The monoisotopic (exact) mass is 319 g/mol. The first-order chi connectivity index (χ1) is 9.17. The number of benzene rings is 1. The lowest BCUT2D eigenvalue weighted by Gasteiger charge is -1.99. The molecule has 0 radical (unpaired) electrons. The summed E-state index contributed by atoms with van der Waals surface area (Å²) in [4.78, 5) is 4.42. The minimum absolute atomic E-state index is 0.295. The molecule has 5 heteroatoms. The second-order valence-corrected chi connectivity index (χ2v) is 5.17. The summed E-state index contributed by atoms with van der Waals surface area (Å²) in [5, 5.41) is 0. The first kappa shape index (κ1) is 12.3. The number of hydrogen-bond acceptors (Lipinski definition) is 2. The van der Waals surface area contributed by atoms with Gasteiger partial charge in [-0.1, -0.05) is 22.0 Å². The van der Waals surface area contributed by atoms with E-state index in [0.29, 0.717) is 22.3 Å². The molecule has 0 atom stereocenters. The van der Waals surface area contributed by atoms with Crippen LogP contribution in [0.15, 0.2) is 47.2 Å². The highest BCUT2D eigenvalue weighted by Gasteiger charge is 2.09. The maximum Gasteiger partial charge on any atom is 0.137 e. The summed E-state index contributed by atoms with van der Waals surface area (Å²) in [6.07, 6.45) is 3.71. The van der Waals surface area contributed by atoms with Gasteiger partial charge in [-0.05, 0) is 29.8 Å². The summed E-state index contributed by atoms with van der Waals surface area (Å²) in [5.74, 6) is -0.295. The zero-order valence-corrected chi connectivity index (χ0v) is 11.6. The van der Waals surface area contributed by atoms with Gasteiger partial charge >= 0.3 is 0 Å². The summed E-state index contributed by atoms with van der Waals surface area (Å²) < 4.78 is 16.5. The number of nitrogens with two attached hydrogens (primary N) is 1. The molecule has 2 aromatic heterocycles. The molecule has 0 aliphatic rings. The van der Waals surface area contributed by atoms with E-state index < -0.39 is 0 Å². The van der Waals surface area contributed by atoms with Crippen molar-refractivity contribution in [3.05, 3.63) is 58.6 Å². The van der Waals surface area contributed by atoms with Gasteiger partial charge in [0.25, 0.3) is 0 Å².